The van der Waals surface area contributed by atoms with Crippen molar-refractivity contribution in [3.63, 3.8) is 0 Å². The van der Waals surface area contributed by atoms with Crippen LogP contribution in [0.15, 0.2) is 77.8 Å². The number of hydrogen-bond acceptors (Lipinski definition) is 8. The number of esters is 1. The molecule has 2 N–H and O–H groups in total. The van der Waals surface area contributed by atoms with Crippen LogP contribution in [0.3, 0.4) is 0 Å². The van der Waals surface area contributed by atoms with Gasteiger partial charge in [-0.15, -0.1) is 0 Å². The summed E-state index contributed by atoms with van der Waals surface area (Å²) in [6.45, 7) is 2.57. The number of halogens is 1. The van der Waals surface area contributed by atoms with Gasteiger partial charge in [0, 0.05) is 43.7 Å². The molecule has 0 saturated carbocycles. The van der Waals surface area contributed by atoms with Crippen LogP contribution in [0.1, 0.15) is 34.0 Å². The van der Waals surface area contributed by atoms with Gasteiger partial charge in [-0.1, -0.05) is 18.2 Å². The number of amides is 1. The van der Waals surface area contributed by atoms with E-state index in [4.69, 9.17) is 9.47 Å². The Bertz CT molecular complexity index is 1420. The van der Waals surface area contributed by atoms with E-state index in [0.717, 1.165) is 17.2 Å². The predicted octanol–water partition coefficient (Wildman–Crippen LogP) is 3.50. The van der Waals surface area contributed by atoms with Crippen molar-refractivity contribution in [2.24, 2.45) is 0 Å². The minimum atomic E-state index is -1.03. The van der Waals surface area contributed by atoms with Crippen LogP contribution in [0.4, 0.5) is 10.1 Å². The average molecular weight is 531 g/mol. The van der Waals surface area contributed by atoms with Crippen molar-refractivity contribution < 1.29 is 28.2 Å². The van der Waals surface area contributed by atoms with E-state index in [2.05, 4.69) is 16.7 Å². The van der Waals surface area contributed by atoms with Crippen LogP contribution in [0.2, 0.25) is 0 Å². The molecule has 1 aliphatic heterocycles. The standard InChI is InChI=1S/C29H27FN4O5/c1-3-39-28(34-16-22-10-11-25(35)26(30)23(22)17-34)27(36)33-15-21-9-6-19(13-31)12-24(21)32-14-18-4-7-20(8-5-18)29(37)38-2/h4-12,16,28,32H,3,14-15,17H2,1-2H3,(H,33,36). The van der Waals surface area contributed by atoms with Gasteiger partial charge in [-0.3, -0.25) is 9.59 Å². The molecule has 1 amide bonds. The maximum absolute atomic E-state index is 14.3. The lowest BCUT2D eigenvalue weighted by Gasteiger charge is -2.26. The van der Waals surface area contributed by atoms with E-state index < -0.39 is 29.7 Å². The maximum atomic E-state index is 14.3. The van der Waals surface area contributed by atoms with Gasteiger partial charge in [-0.05, 0) is 60.0 Å². The quantitative estimate of drug-likeness (QED) is 0.448. The van der Waals surface area contributed by atoms with Gasteiger partial charge >= 0.3 is 5.97 Å². The number of anilines is 1. The van der Waals surface area contributed by atoms with Crippen molar-refractivity contribution in [3.05, 3.63) is 100 Å². The van der Waals surface area contributed by atoms with Crippen LogP contribution in [0.25, 0.3) is 0 Å². The van der Waals surface area contributed by atoms with Crippen molar-refractivity contribution in [3.8, 4) is 6.07 Å². The molecule has 0 bridgehead atoms. The highest BCUT2D eigenvalue weighted by Gasteiger charge is 2.33. The number of carbonyl (C=O) groups is 3. The number of nitrogens with one attached hydrogen (secondary N) is 2. The van der Waals surface area contributed by atoms with Crippen molar-refractivity contribution >= 4 is 23.3 Å². The number of allylic oxidation sites excluding steroid dienone is 3. The molecule has 1 atom stereocenters. The summed E-state index contributed by atoms with van der Waals surface area (Å²) in [5.41, 5.74) is 3.94. The fourth-order valence-electron chi connectivity index (χ4n) is 4.24. The van der Waals surface area contributed by atoms with E-state index in [9.17, 15) is 24.0 Å². The van der Waals surface area contributed by atoms with Gasteiger partial charge in [0.15, 0.2) is 5.83 Å². The van der Waals surface area contributed by atoms with E-state index in [1.807, 2.05) is 0 Å². The second kappa shape index (κ2) is 12.2. The lowest BCUT2D eigenvalue weighted by atomic mass is 10.0. The molecule has 1 unspecified atom stereocenters. The molecule has 4 rings (SSSR count). The molecule has 2 aromatic rings. The van der Waals surface area contributed by atoms with Gasteiger partial charge in [0.25, 0.3) is 5.91 Å². The third-order valence-corrected chi connectivity index (χ3v) is 6.29. The van der Waals surface area contributed by atoms with Crippen LogP contribution in [-0.2, 0) is 32.2 Å². The zero-order valence-electron chi connectivity index (χ0n) is 21.5. The Labute approximate surface area is 225 Å². The third-order valence-electron chi connectivity index (χ3n) is 6.29. The zero-order chi connectivity index (χ0) is 27.9. The number of rotatable bonds is 10. The van der Waals surface area contributed by atoms with E-state index in [1.54, 1.807) is 60.5 Å². The molecule has 0 fully saturated rings. The Kier molecular flexibility index (Phi) is 8.53. The first-order valence-electron chi connectivity index (χ1n) is 12.3. The van der Waals surface area contributed by atoms with Gasteiger partial charge in [0.05, 0.1) is 24.3 Å². The van der Waals surface area contributed by atoms with E-state index in [-0.39, 0.29) is 25.3 Å². The number of fused-ring (bicyclic) bond motifs is 1. The van der Waals surface area contributed by atoms with Gasteiger partial charge < -0.3 is 25.0 Å². The molecule has 0 spiro atoms. The largest absolute Gasteiger partial charge is 0.465 e. The van der Waals surface area contributed by atoms with Gasteiger partial charge in [-0.2, -0.15) is 5.26 Å². The van der Waals surface area contributed by atoms with E-state index in [0.29, 0.717) is 28.9 Å². The van der Waals surface area contributed by atoms with Crippen LogP contribution in [-0.4, -0.2) is 49.0 Å². The molecule has 200 valence electrons. The smallest absolute Gasteiger partial charge is 0.337 e. The number of ketones is 1. The number of benzene rings is 2. The number of hydrogen-bond donors (Lipinski definition) is 2. The maximum Gasteiger partial charge on any atom is 0.337 e. The highest BCUT2D eigenvalue weighted by atomic mass is 19.1. The summed E-state index contributed by atoms with van der Waals surface area (Å²) in [5, 5.41) is 15.5. The van der Waals surface area contributed by atoms with Crippen molar-refractivity contribution in [2.45, 2.75) is 26.2 Å². The normalized spacial score (nSPS) is 14.9. The summed E-state index contributed by atoms with van der Waals surface area (Å²) < 4.78 is 24.7. The average Bonchev–Trinajstić information content (AvgIpc) is 3.40. The molecule has 10 heteroatoms. The van der Waals surface area contributed by atoms with Gasteiger partial charge in [0.1, 0.15) is 0 Å². The van der Waals surface area contributed by atoms with Gasteiger partial charge in [-0.25, -0.2) is 9.18 Å². The molecule has 0 radical (unpaired) electrons. The molecule has 39 heavy (non-hydrogen) atoms. The number of nitrogens with zero attached hydrogens (tertiary/aromatic N) is 2. The van der Waals surface area contributed by atoms with Crippen molar-refractivity contribution in [1.82, 2.24) is 10.2 Å². The first kappa shape index (κ1) is 27.3. The second-order valence-corrected chi connectivity index (χ2v) is 8.80. The Morgan fingerprint density at radius 1 is 1.15 bits per heavy atom. The Balaban J connectivity index is 1.45. The van der Waals surface area contributed by atoms with Crippen molar-refractivity contribution in [2.75, 3.05) is 25.6 Å². The Morgan fingerprint density at radius 3 is 2.62 bits per heavy atom. The van der Waals surface area contributed by atoms with E-state index >= 15 is 0 Å². The second-order valence-electron chi connectivity index (χ2n) is 8.80. The van der Waals surface area contributed by atoms with Crippen LogP contribution in [0, 0.1) is 11.3 Å². The van der Waals surface area contributed by atoms with Crippen molar-refractivity contribution in [1.29, 1.82) is 5.26 Å². The first-order valence-corrected chi connectivity index (χ1v) is 12.3. The highest BCUT2D eigenvalue weighted by Crippen LogP contribution is 2.31. The zero-order valence-corrected chi connectivity index (χ0v) is 21.5. The Hall–Kier alpha value is -4.75. The summed E-state index contributed by atoms with van der Waals surface area (Å²) in [5.74, 6) is -2.37. The fourth-order valence-corrected chi connectivity index (χ4v) is 4.24. The third kappa shape index (κ3) is 6.22. The lowest BCUT2D eigenvalue weighted by Crippen LogP contribution is -2.45. The minimum Gasteiger partial charge on any atom is -0.465 e. The van der Waals surface area contributed by atoms with E-state index in [1.165, 1.54) is 13.2 Å². The summed E-state index contributed by atoms with van der Waals surface area (Å²) >= 11 is 0. The molecule has 2 aliphatic rings. The molecular weight excluding hydrogens is 503 g/mol. The lowest BCUT2D eigenvalue weighted by molar-refractivity contribution is -0.142. The summed E-state index contributed by atoms with van der Waals surface area (Å²) in [6.07, 6.45) is 3.27. The summed E-state index contributed by atoms with van der Waals surface area (Å²) in [7, 11) is 1.32. The summed E-state index contributed by atoms with van der Waals surface area (Å²) in [4.78, 5) is 38.1. The SMILES string of the molecule is CCOC(C(=O)NCc1ccc(C#N)cc1NCc1ccc(C(=O)OC)cc1)N1C=C2C=CC(=O)C(F)=C2C1. The first-order chi connectivity index (χ1) is 18.8. The van der Waals surface area contributed by atoms with Crippen LogP contribution in [0.5, 0.6) is 0 Å². The molecular formula is C29H27FN4O5. The Morgan fingerprint density at radius 2 is 1.92 bits per heavy atom. The van der Waals surface area contributed by atoms with Crippen LogP contribution < -0.4 is 10.6 Å². The number of ether oxygens (including phenoxy) is 2. The molecule has 0 saturated heterocycles. The fraction of sp³-hybridized carbons (Fsp3) is 0.241. The predicted molar refractivity (Wildman–Crippen MR) is 141 cm³/mol. The molecule has 1 heterocycles. The summed E-state index contributed by atoms with van der Waals surface area (Å²) in [6, 6.07) is 14.1. The molecule has 0 aromatic heterocycles. The highest BCUT2D eigenvalue weighted by molar-refractivity contribution is 6.05. The topological polar surface area (TPSA) is 121 Å². The minimum absolute atomic E-state index is 0.0355. The number of methoxy groups -OCH3 is 1. The molecule has 1 aliphatic carbocycles. The molecule has 2 aromatic carbocycles. The monoisotopic (exact) mass is 530 g/mol. The molecule has 9 nitrogen and oxygen atoms in total. The number of carbonyl (C=O) groups excluding carboxylic acids is 3. The number of nitriles is 1. The van der Waals surface area contributed by atoms with Crippen LogP contribution >= 0.6 is 0 Å². The van der Waals surface area contributed by atoms with Gasteiger partial charge in [0.2, 0.25) is 12.0 Å².